The molecule has 1 aromatic rings. The fourth-order valence-electron chi connectivity index (χ4n) is 3.13. The molecule has 2 rings (SSSR count). The van der Waals surface area contributed by atoms with Gasteiger partial charge in [-0.15, -0.1) is 0 Å². The van der Waals surface area contributed by atoms with Crippen LogP contribution < -0.4 is 0 Å². The van der Waals surface area contributed by atoms with E-state index < -0.39 is 10.0 Å². The van der Waals surface area contributed by atoms with E-state index in [-0.39, 0.29) is 24.1 Å². The molecule has 1 aliphatic rings. The highest BCUT2D eigenvalue weighted by Crippen LogP contribution is 2.29. The van der Waals surface area contributed by atoms with Crippen molar-refractivity contribution in [3.05, 3.63) is 33.8 Å². The topological polar surface area (TPSA) is 57.7 Å². The number of piperidine rings is 1. The van der Waals surface area contributed by atoms with Crippen LogP contribution in [0.1, 0.15) is 32.3 Å². The summed E-state index contributed by atoms with van der Waals surface area (Å²) in [7, 11) is -3.59. The first kappa shape index (κ1) is 20.5. The summed E-state index contributed by atoms with van der Waals surface area (Å²) in [5.74, 6) is -0.511. The summed E-state index contributed by atoms with van der Waals surface area (Å²) in [6, 6.07) is 4.93. The second-order valence-electron chi connectivity index (χ2n) is 6.16. The van der Waals surface area contributed by atoms with E-state index in [1.165, 1.54) is 4.31 Å². The lowest BCUT2D eigenvalue weighted by Gasteiger charge is -2.34. The van der Waals surface area contributed by atoms with Gasteiger partial charge in [0.25, 0.3) is 0 Å². The Morgan fingerprint density at radius 2 is 1.84 bits per heavy atom. The minimum absolute atomic E-state index is 0.0284. The zero-order valence-electron chi connectivity index (χ0n) is 14.5. The highest BCUT2D eigenvalue weighted by atomic mass is 35.5. The van der Waals surface area contributed by atoms with Crippen LogP contribution in [-0.2, 0) is 20.6 Å². The largest absolute Gasteiger partial charge is 0.343 e. The molecular weight excluding hydrogens is 383 g/mol. The molecule has 0 bridgehead atoms. The number of nitrogens with zero attached hydrogens (tertiary/aromatic N) is 2. The molecule has 0 saturated carbocycles. The summed E-state index contributed by atoms with van der Waals surface area (Å²) in [5.41, 5.74) is 0.406. The van der Waals surface area contributed by atoms with E-state index in [0.29, 0.717) is 48.1 Å². The molecule has 1 saturated heterocycles. The number of sulfonamides is 1. The van der Waals surface area contributed by atoms with E-state index >= 15 is 0 Å². The number of amides is 1. The summed E-state index contributed by atoms with van der Waals surface area (Å²) in [4.78, 5) is 14.3. The third kappa shape index (κ3) is 4.88. The van der Waals surface area contributed by atoms with E-state index in [1.807, 2.05) is 13.8 Å². The van der Waals surface area contributed by atoms with Crippen LogP contribution in [0.15, 0.2) is 18.2 Å². The smallest absolute Gasteiger partial charge is 0.226 e. The van der Waals surface area contributed by atoms with Crippen LogP contribution in [-0.4, -0.2) is 49.7 Å². The number of halogens is 2. The zero-order chi connectivity index (χ0) is 18.6. The fourth-order valence-corrected chi connectivity index (χ4v) is 5.50. The molecule has 1 unspecified atom stereocenters. The molecule has 8 heteroatoms. The van der Waals surface area contributed by atoms with Gasteiger partial charge in [-0.05, 0) is 38.8 Å². The molecule has 0 N–H and O–H groups in total. The lowest BCUT2D eigenvalue weighted by molar-refractivity contribution is -0.136. The quantitative estimate of drug-likeness (QED) is 0.726. The van der Waals surface area contributed by atoms with Crippen LogP contribution in [0.4, 0.5) is 0 Å². The van der Waals surface area contributed by atoms with Crippen LogP contribution >= 0.6 is 23.2 Å². The Labute approximate surface area is 159 Å². The van der Waals surface area contributed by atoms with Crippen molar-refractivity contribution in [3.8, 4) is 0 Å². The number of hydrogen-bond acceptors (Lipinski definition) is 3. The minimum Gasteiger partial charge on any atom is -0.343 e. The van der Waals surface area contributed by atoms with Crippen LogP contribution in [0.25, 0.3) is 0 Å². The lowest BCUT2D eigenvalue weighted by atomic mass is 9.98. The van der Waals surface area contributed by atoms with Crippen molar-refractivity contribution in [3.63, 3.8) is 0 Å². The van der Waals surface area contributed by atoms with Crippen molar-refractivity contribution < 1.29 is 13.2 Å². The van der Waals surface area contributed by atoms with Crippen molar-refractivity contribution in [1.29, 1.82) is 0 Å². The number of carbonyl (C=O) groups excluding carboxylic acids is 1. The van der Waals surface area contributed by atoms with Gasteiger partial charge < -0.3 is 4.90 Å². The first-order valence-corrected chi connectivity index (χ1v) is 10.9. The summed E-state index contributed by atoms with van der Waals surface area (Å²) >= 11 is 12.2. The van der Waals surface area contributed by atoms with Gasteiger partial charge in [0.15, 0.2) is 0 Å². The van der Waals surface area contributed by atoms with Crippen LogP contribution in [0, 0.1) is 5.92 Å². The summed E-state index contributed by atoms with van der Waals surface area (Å²) < 4.78 is 27.0. The van der Waals surface area contributed by atoms with Crippen LogP contribution in [0.5, 0.6) is 0 Å². The molecule has 0 spiro atoms. The Hall–Kier alpha value is -0.820. The Morgan fingerprint density at radius 3 is 2.40 bits per heavy atom. The molecule has 1 aromatic carbocycles. The van der Waals surface area contributed by atoms with E-state index in [1.54, 1.807) is 23.1 Å². The van der Waals surface area contributed by atoms with Gasteiger partial charge in [0.1, 0.15) is 0 Å². The molecule has 1 amide bonds. The Balaban J connectivity index is 2.15. The molecule has 1 heterocycles. The molecule has 5 nitrogen and oxygen atoms in total. The van der Waals surface area contributed by atoms with E-state index in [0.717, 1.165) is 0 Å². The first-order chi connectivity index (χ1) is 11.8. The molecule has 140 valence electrons. The SMILES string of the molecule is CCN(CC)C(=O)C1CCCN(S(=O)(=O)Cc2c(Cl)cccc2Cl)C1. The fraction of sp³-hybridized carbons (Fsp3) is 0.588. The van der Waals surface area contributed by atoms with Gasteiger partial charge in [0, 0.05) is 41.8 Å². The predicted molar refractivity (Wildman–Crippen MR) is 101 cm³/mol. The van der Waals surface area contributed by atoms with Crippen molar-refractivity contribution >= 4 is 39.1 Å². The highest BCUT2D eigenvalue weighted by Gasteiger charge is 2.34. The minimum atomic E-state index is -3.59. The normalized spacial score (nSPS) is 19.0. The lowest BCUT2D eigenvalue weighted by Crippen LogP contribution is -2.47. The van der Waals surface area contributed by atoms with Gasteiger partial charge in [-0.1, -0.05) is 29.3 Å². The molecular formula is C17H24Cl2N2O3S. The molecule has 25 heavy (non-hydrogen) atoms. The van der Waals surface area contributed by atoms with Gasteiger partial charge in [0.2, 0.25) is 15.9 Å². The maximum Gasteiger partial charge on any atom is 0.226 e. The van der Waals surface area contributed by atoms with E-state index in [4.69, 9.17) is 23.2 Å². The maximum atomic E-state index is 12.8. The van der Waals surface area contributed by atoms with Gasteiger partial charge in [-0.2, -0.15) is 0 Å². The monoisotopic (exact) mass is 406 g/mol. The van der Waals surface area contributed by atoms with Crippen molar-refractivity contribution in [2.24, 2.45) is 5.92 Å². The highest BCUT2D eigenvalue weighted by molar-refractivity contribution is 7.88. The molecule has 0 aromatic heterocycles. The van der Waals surface area contributed by atoms with Crippen LogP contribution in [0.3, 0.4) is 0 Å². The molecule has 0 radical (unpaired) electrons. The molecule has 1 fully saturated rings. The van der Waals surface area contributed by atoms with E-state index in [2.05, 4.69) is 0 Å². The number of carbonyl (C=O) groups is 1. The maximum absolute atomic E-state index is 12.8. The second kappa shape index (κ2) is 8.71. The Kier molecular flexibility index (Phi) is 7.14. The second-order valence-corrected chi connectivity index (χ2v) is 8.95. The molecule has 1 aliphatic heterocycles. The zero-order valence-corrected chi connectivity index (χ0v) is 16.9. The van der Waals surface area contributed by atoms with E-state index in [9.17, 15) is 13.2 Å². The summed E-state index contributed by atoms with van der Waals surface area (Å²) in [6.45, 7) is 5.77. The van der Waals surface area contributed by atoms with Gasteiger partial charge in [-0.3, -0.25) is 4.79 Å². The summed E-state index contributed by atoms with van der Waals surface area (Å²) in [5, 5.41) is 0.674. The van der Waals surface area contributed by atoms with Gasteiger partial charge in [-0.25, -0.2) is 12.7 Å². The number of rotatable bonds is 6. The van der Waals surface area contributed by atoms with Crippen LogP contribution in [0.2, 0.25) is 10.0 Å². The Bertz CT molecular complexity index is 700. The predicted octanol–water partition coefficient (Wildman–Crippen LogP) is 3.40. The average Bonchev–Trinajstić information content (AvgIpc) is 2.59. The molecule has 1 atom stereocenters. The van der Waals surface area contributed by atoms with Crippen molar-refractivity contribution in [1.82, 2.24) is 9.21 Å². The third-order valence-corrected chi connectivity index (χ3v) is 7.07. The third-order valence-electron chi connectivity index (χ3n) is 4.59. The average molecular weight is 407 g/mol. The Morgan fingerprint density at radius 1 is 1.24 bits per heavy atom. The standard InChI is InChI=1S/C17H24Cl2N2O3S/c1-3-20(4-2)17(22)13-7-6-10-21(11-13)25(23,24)12-14-15(18)8-5-9-16(14)19/h5,8-9,13H,3-4,6-7,10-12H2,1-2H3. The van der Waals surface area contributed by atoms with Gasteiger partial charge >= 0.3 is 0 Å². The summed E-state index contributed by atoms with van der Waals surface area (Å²) in [6.07, 6.45) is 1.39. The number of benzene rings is 1. The molecule has 0 aliphatic carbocycles. The number of hydrogen-bond donors (Lipinski definition) is 0. The van der Waals surface area contributed by atoms with Gasteiger partial charge in [0.05, 0.1) is 11.7 Å². The first-order valence-electron chi connectivity index (χ1n) is 8.49. The van der Waals surface area contributed by atoms with Crippen molar-refractivity contribution in [2.75, 3.05) is 26.2 Å². The van der Waals surface area contributed by atoms with Crippen molar-refractivity contribution in [2.45, 2.75) is 32.4 Å².